The molecule has 1 fully saturated rings. The van der Waals surface area contributed by atoms with Gasteiger partial charge in [-0.25, -0.2) is 0 Å². The first-order chi connectivity index (χ1) is 14.1. The molecule has 1 aliphatic rings. The van der Waals surface area contributed by atoms with Crippen LogP contribution in [-0.4, -0.2) is 112 Å². The molecule has 0 amide bonds. The Labute approximate surface area is 183 Å². The van der Waals surface area contributed by atoms with Gasteiger partial charge in [-0.15, -0.1) is 0 Å². The van der Waals surface area contributed by atoms with Gasteiger partial charge in [0.05, 0.1) is 13.1 Å². The van der Waals surface area contributed by atoms with Crippen LogP contribution in [0.5, 0.6) is 0 Å². The molecule has 5 atom stereocenters. The summed E-state index contributed by atoms with van der Waals surface area (Å²) in [6, 6.07) is 0. The zero-order chi connectivity index (χ0) is 24.0. The molecular formula is C20H38N2O9. The van der Waals surface area contributed by atoms with Gasteiger partial charge in [0.15, 0.2) is 6.29 Å². The summed E-state index contributed by atoms with van der Waals surface area (Å²) in [5.74, 6) is -0.968. The van der Waals surface area contributed by atoms with E-state index in [1.807, 2.05) is 0 Å². The predicted octanol–water partition coefficient (Wildman–Crippen LogP) is -1.64. The third-order valence-electron chi connectivity index (χ3n) is 4.18. The van der Waals surface area contributed by atoms with Crippen molar-refractivity contribution in [3.63, 3.8) is 0 Å². The molecular weight excluding hydrogens is 412 g/mol. The van der Waals surface area contributed by atoms with E-state index in [1.54, 1.807) is 46.4 Å². The van der Waals surface area contributed by atoms with E-state index in [9.17, 15) is 30.0 Å². The van der Waals surface area contributed by atoms with E-state index in [4.69, 9.17) is 14.2 Å². The smallest absolute Gasteiger partial charge is 0.320 e. The Morgan fingerprint density at radius 2 is 1.35 bits per heavy atom. The Morgan fingerprint density at radius 1 is 0.871 bits per heavy atom. The number of aliphatic hydroxyl groups excluding tert-OH is 4. The molecule has 1 aliphatic heterocycles. The van der Waals surface area contributed by atoms with Crippen LogP contribution in [-0.2, 0) is 23.8 Å². The number of esters is 2. The first kappa shape index (κ1) is 27.7. The molecule has 0 saturated carbocycles. The second-order valence-corrected chi connectivity index (χ2v) is 9.62. The van der Waals surface area contributed by atoms with E-state index in [2.05, 4.69) is 5.32 Å². The number of nitrogens with zero attached hydrogens (tertiary/aromatic N) is 1. The molecule has 1 rings (SSSR count). The lowest BCUT2D eigenvalue weighted by molar-refractivity contribution is -0.280. The molecule has 5 N–H and O–H groups in total. The monoisotopic (exact) mass is 450 g/mol. The lowest BCUT2D eigenvalue weighted by Gasteiger charge is -2.38. The topological polar surface area (TPSA) is 158 Å². The maximum Gasteiger partial charge on any atom is 0.320 e. The van der Waals surface area contributed by atoms with Crippen LogP contribution in [0.2, 0.25) is 0 Å². The second kappa shape index (κ2) is 11.5. The number of nitrogens with one attached hydrogen (secondary N) is 1. The predicted molar refractivity (Wildman–Crippen MR) is 110 cm³/mol. The van der Waals surface area contributed by atoms with Gasteiger partial charge in [0.25, 0.3) is 0 Å². The van der Waals surface area contributed by atoms with Crippen LogP contribution in [0, 0.1) is 0 Å². The van der Waals surface area contributed by atoms with Crippen molar-refractivity contribution in [1.82, 2.24) is 10.2 Å². The lowest BCUT2D eigenvalue weighted by Crippen LogP contribution is -2.59. The minimum atomic E-state index is -1.61. The zero-order valence-electron chi connectivity index (χ0n) is 19.2. The number of carbonyl (C=O) groups is 2. The van der Waals surface area contributed by atoms with Crippen LogP contribution in [0.25, 0.3) is 0 Å². The summed E-state index contributed by atoms with van der Waals surface area (Å²) in [5, 5.41) is 41.8. The summed E-state index contributed by atoms with van der Waals surface area (Å²) in [7, 11) is 0. The number of hydrogen-bond donors (Lipinski definition) is 5. The van der Waals surface area contributed by atoms with Gasteiger partial charge in [0, 0.05) is 19.6 Å². The van der Waals surface area contributed by atoms with Gasteiger partial charge in [0.2, 0.25) is 0 Å². The fraction of sp³-hybridized carbons (Fsp3) is 0.900. The molecule has 11 heteroatoms. The van der Waals surface area contributed by atoms with Crippen molar-refractivity contribution in [2.24, 2.45) is 0 Å². The Hall–Kier alpha value is -1.34. The lowest BCUT2D eigenvalue weighted by atomic mass is 9.99. The van der Waals surface area contributed by atoms with E-state index in [0.29, 0.717) is 6.54 Å². The summed E-state index contributed by atoms with van der Waals surface area (Å²) in [5.41, 5.74) is -1.32. The Morgan fingerprint density at radius 3 is 1.81 bits per heavy atom. The normalized spacial score (nSPS) is 27.3. The average molecular weight is 451 g/mol. The van der Waals surface area contributed by atoms with Crippen molar-refractivity contribution < 1.29 is 44.2 Å². The average Bonchev–Trinajstić information content (AvgIpc) is 2.57. The van der Waals surface area contributed by atoms with Crippen molar-refractivity contribution in [2.75, 3.05) is 32.7 Å². The van der Waals surface area contributed by atoms with Crippen LogP contribution >= 0.6 is 0 Å². The van der Waals surface area contributed by atoms with Crippen LogP contribution in [0.4, 0.5) is 0 Å². The van der Waals surface area contributed by atoms with E-state index in [0.717, 1.165) is 0 Å². The largest absolute Gasteiger partial charge is 0.459 e. The molecule has 182 valence electrons. The molecule has 0 radical (unpaired) electrons. The standard InChI is InChI=1S/C20H38N2O9/c1-19(2,3)30-13(23)10-22(11-14(24)31-20(4,5)6)8-7-21-9-12-15(25)16(26)17(27)18(28)29-12/h12,15-18,21,25-28H,7-11H2,1-6H3/t12?,15-,16+,17?,18-/m1/s1. The third-order valence-corrected chi connectivity index (χ3v) is 4.18. The highest BCUT2D eigenvalue weighted by Gasteiger charge is 2.42. The summed E-state index contributed by atoms with van der Waals surface area (Å²) < 4.78 is 15.7. The van der Waals surface area contributed by atoms with E-state index in [1.165, 1.54) is 0 Å². The number of carbonyl (C=O) groups excluding carboxylic acids is 2. The van der Waals surface area contributed by atoms with Crippen LogP contribution in [0.3, 0.4) is 0 Å². The van der Waals surface area contributed by atoms with Crippen LogP contribution < -0.4 is 5.32 Å². The number of ether oxygens (including phenoxy) is 3. The minimum Gasteiger partial charge on any atom is -0.459 e. The molecule has 11 nitrogen and oxygen atoms in total. The van der Waals surface area contributed by atoms with Crippen molar-refractivity contribution in [1.29, 1.82) is 0 Å². The summed E-state index contributed by atoms with van der Waals surface area (Å²) in [6.45, 7) is 10.9. The Kier molecular flexibility index (Phi) is 10.3. The van der Waals surface area contributed by atoms with Gasteiger partial charge in [0.1, 0.15) is 35.6 Å². The summed E-state index contributed by atoms with van der Waals surface area (Å²) in [4.78, 5) is 26.0. The zero-order valence-corrected chi connectivity index (χ0v) is 19.2. The SMILES string of the molecule is CC(C)(C)OC(=O)CN(CCNCC1O[C@@H](O)C(O)[C@@H](O)[C@@H]1O)CC(=O)OC(C)(C)C. The molecule has 0 aliphatic carbocycles. The molecule has 2 unspecified atom stereocenters. The maximum atomic E-state index is 12.2. The molecule has 1 heterocycles. The van der Waals surface area contributed by atoms with Gasteiger partial charge in [-0.05, 0) is 41.5 Å². The van der Waals surface area contributed by atoms with Crippen LogP contribution in [0.15, 0.2) is 0 Å². The quantitative estimate of drug-likeness (QED) is 0.203. The molecule has 0 bridgehead atoms. The van der Waals surface area contributed by atoms with E-state index < -0.39 is 53.8 Å². The summed E-state index contributed by atoms with van der Waals surface area (Å²) in [6.07, 6.45) is -7.07. The van der Waals surface area contributed by atoms with Crippen molar-refractivity contribution >= 4 is 11.9 Å². The van der Waals surface area contributed by atoms with Gasteiger partial charge >= 0.3 is 11.9 Å². The van der Waals surface area contributed by atoms with E-state index >= 15 is 0 Å². The highest BCUT2D eigenvalue weighted by molar-refractivity contribution is 5.75. The molecule has 0 aromatic heterocycles. The number of rotatable bonds is 9. The fourth-order valence-electron chi connectivity index (χ4n) is 2.91. The van der Waals surface area contributed by atoms with Crippen LogP contribution in [0.1, 0.15) is 41.5 Å². The molecule has 0 aromatic rings. The number of hydrogen-bond acceptors (Lipinski definition) is 11. The van der Waals surface area contributed by atoms with Crippen molar-refractivity contribution in [3.05, 3.63) is 0 Å². The molecule has 1 saturated heterocycles. The second-order valence-electron chi connectivity index (χ2n) is 9.62. The van der Waals surface area contributed by atoms with Gasteiger partial charge < -0.3 is 40.0 Å². The Bertz CT molecular complexity index is 558. The first-order valence-electron chi connectivity index (χ1n) is 10.3. The third kappa shape index (κ3) is 10.7. The molecule has 0 aromatic carbocycles. The number of aliphatic hydroxyl groups is 4. The van der Waals surface area contributed by atoms with Gasteiger partial charge in [-0.3, -0.25) is 14.5 Å². The Balaban J connectivity index is 2.59. The fourth-order valence-corrected chi connectivity index (χ4v) is 2.91. The minimum absolute atomic E-state index is 0.0642. The highest BCUT2D eigenvalue weighted by atomic mass is 16.6. The van der Waals surface area contributed by atoms with Gasteiger partial charge in [-0.2, -0.15) is 0 Å². The van der Waals surface area contributed by atoms with Gasteiger partial charge in [-0.1, -0.05) is 0 Å². The van der Waals surface area contributed by atoms with Crippen molar-refractivity contribution in [3.8, 4) is 0 Å². The van der Waals surface area contributed by atoms with Crippen molar-refractivity contribution in [2.45, 2.75) is 83.5 Å². The molecule has 31 heavy (non-hydrogen) atoms. The molecule has 0 spiro atoms. The first-order valence-corrected chi connectivity index (χ1v) is 10.3. The van der Waals surface area contributed by atoms with E-state index in [-0.39, 0.29) is 26.2 Å². The highest BCUT2D eigenvalue weighted by Crippen LogP contribution is 2.19. The maximum absolute atomic E-state index is 12.2. The summed E-state index contributed by atoms with van der Waals surface area (Å²) >= 11 is 0.